The van der Waals surface area contributed by atoms with Gasteiger partial charge in [-0.1, -0.05) is 188 Å². The molecule has 298 valence electrons. The van der Waals surface area contributed by atoms with E-state index in [-0.39, 0.29) is 0 Å². The van der Waals surface area contributed by atoms with Gasteiger partial charge in [-0.3, -0.25) is 0 Å². The van der Waals surface area contributed by atoms with Crippen molar-refractivity contribution in [2.75, 3.05) is 4.90 Å². The van der Waals surface area contributed by atoms with Crippen LogP contribution in [0.1, 0.15) is 22.3 Å². The Morgan fingerprint density at radius 3 is 1.53 bits per heavy atom. The molecule has 12 aromatic rings. The van der Waals surface area contributed by atoms with Crippen LogP contribution in [0.15, 0.2) is 233 Å². The number of anilines is 3. The quantitative estimate of drug-likeness (QED) is 0.173. The third-order valence-corrected chi connectivity index (χ3v) is 13.9. The van der Waals surface area contributed by atoms with Crippen molar-refractivity contribution in [3.05, 3.63) is 247 Å². The largest absolute Gasteiger partial charge is 0.455 e. The molecule has 0 radical (unpaired) electrons. The van der Waals surface area contributed by atoms with Gasteiger partial charge in [0.25, 0.3) is 0 Å². The number of furan rings is 2. The van der Waals surface area contributed by atoms with Crippen molar-refractivity contribution < 1.29 is 8.83 Å². The van der Waals surface area contributed by atoms with Crippen molar-refractivity contribution in [3.63, 3.8) is 0 Å². The van der Waals surface area contributed by atoms with Gasteiger partial charge in [-0.05, 0) is 92.0 Å². The van der Waals surface area contributed by atoms with Crippen LogP contribution in [0.25, 0.3) is 88.4 Å². The van der Waals surface area contributed by atoms with Gasteiger partial charge < -0.3 is 13.7 Å². The van der Waals surface area contributed by atoms with Gasteiger partial charge in [-0.2, -0.15) is 0 Å². The van der Waals surface area contributed by atoms with E-state index in [1.54, 1.807) is 0 Å². The highest BCUT2D eigenvalue weighted by Gasteiger charge is 2.53. The van der Waals surface area contributed by atoms with Crippen molar-refractivity contribution in [1.29, 1.82) is 0 Å². The maximum atomic E-state index is 7.56. The Bertz CT molecular complexity index is 3790. The molecule has 14 rings (SSSR count). The standard InChI is InChI=1S/C61H37NO2/c1-3-17-38(18-4-1)39-33-35-41(36-34-39)62(40-19-5-2-6-20-40)54-37-53-56(48-24-9-13-31-52(48)61(53)50-29-11-7-21-42(50)43-22-8-12-30-51(43)61)57-49-28-16-27-47(59(49)64-60(54)57)46-26-15-25-45-44-23-10-14-32-55(44)63-58(45)46/h1-37H. The van der Waals surface area contributed by atoms with E-state index in [9.17, 15) is 0 Å². The van der Waals surface area contributed by atoms with Crippen LogP contribution in [0.3, 0.4) is 0 Å². The Morgan fingerprint density at radius 1 is 0.328 bits per heavy atom. The second-order valence-corrected chi connectivity index (χ2v) is 17.1. The van der Waals surface area contributed by atoms with Crippen molar-refractivity contribution in [2.24, 2.45) is 0 Å². The predicted octanol–water partition coefficient (Wildman–Crippen LogP) is 16.6. The molecule has 0 aliphatic heterocycles. The van der Waals surface area contributed by atoms with E-state index >= 15 is 0 Å². The third kappa shape index (κ3) is 4.70. The van der Waals surface area contributed by atoms with Gasteiger partial charge in [0.1, 0.15) is 16.7 Å². The monoisotopic (exact) mass is 815 g/mol. The van der Waals surface area contributed by atoms with E-state index in [1.165, 1.54) is 50.1 Å². The van der Waals surface area contributed by atoms with Gasteiger partial charge in [0.2, 0.25) is 0 Å². The lowest BCUT2D eigenvalue weighted by molar-refractivity contribution is 0.665. The number of nitrogens with zero attached hydrogens (tertiary/aromatic N) is 1. The molecule has 2 aliphatic carbocycles. The summed E-state index contributed by atoms with van der Waals surface area (Å²) in [6.45, 7) is 0. The first-order chi connectivity index (χ1) is 31.8. The molecule has 0 unspecified atom stereocenters. The summed E-state index contributed by atoms with van der Waals surface area (Å²) < 4.78 is 14.2. The Hall–Kier alpha value is -8.40. The Kier molecular flexibility index (Phi) is 7.32. The lowest BCUT2D eigenvalue weighted by atomic mass is 9.70. The van der Waals surface area contributed by atoms with E-state index in [2.05, 4.69) is 217 Å². The molecular weight excluding hydrogens is 779 g/mol. The fourth-order valence-electron chi connectivity index (χ4n) is 11.3. The highest BCUT2D eigenvalue weighted by Crippen LogP contribution is 2.65. The maximum Gasteiger partial charge on any atom is 0.160 e. The maximum absolute atomic E-state index is 7.56. The molecule has 0 bridgehead atoms. The summed E-state index contributed by atoms with van der Waals surface area (Å²) in [5.41, 5.74) is 20.4. The number of benzene rings is 10. The molecule has 3 heteroatoms. The molecule has 2 aliphatic rings. The molecule has 0 atom stereocenters. The molecule has 3 nitrogen and oxygen atoms in total. The lowest BCUT2D eigenvalue weighted by Crippen LogP contribution is -2.26. The first-order valence-corrected chi connectivity index (χ1v) is 22.0. The molecule has 2 aromatic heterocycles. The van der Waals surface area contributed by atoms with E-state index < -0.39 is 5.41 Å². The van der Waals surface area contributed by atoms with Crippen LogP contribution in [0.5, 0.6) is 0 Å². The predicted molar refractivity (Wildman–Crippen MR) is 263 cm³/mol. The molecule has 0 N–H and O–H groups in total. The van der Waals surface area contributed by atoms with Crippen molar-refractivity contribution in [3.8, 4) is 44.5 Å². The van der Waals surface area contributed by atoms with Crippen LogP contribution in [0.4, 0.5) is 17.1 Å². The fraction of sp³-hybridized carbons (Fsp3) is 0.0164. The van der Waals surface area contributed by atoms with Gasteiger partial charge in [0.05, 0.1) is 11.1 Å². The highest BCUT2D eigenvalue weighted by atomic mass is 16.3. The van der Waals surface area contributed by atoms with Gasteiger partial charge >= 0.3 is 0 Å². The second-order valence-electron chi connectivity index (χ2n) is 17.1. The summed E-state index contributed by atoms with van der Waals surface area (Å²) in [6.07, 6.45) is 0. The van der Waals surface area contributed by atoms with Crippen LogP contribution in [-0.2, 0) is 5.41 Å². The molecule has 2 heterocycles. The summed E-state index contributed by atoms with van der Waals surface area (Å²) in [7, 11) is 0. The van der Waals surface area contributed by atoms with E-state index in [1.807, 2.05) is 12.1 Å². The Morgan fingerprint density at radius 2 is 0.828 bits per heavy atom. The molecule has 0 fully saturated rings. The van der Waals surface area contributed by atoms with Crippen LogP contribution in [0.2, 0.25) is 0 Å². The van der Waals surface area contributed by atoms with Gasteiger partial charge in [0, 0.05) is 44.0 Å². The van der Waals surface area contributed by atoms with Crippen LogP contribution >= 0.6 is 0 Å². The van der Waals surface area contributed by atoms with E-state index in [0.717, 1.165) is 77.6 Å². The molecule has 0 saturated heterocycles. The number of rotatable bonds is 5. The summed E-state index contributed by atoms with van der Waals surface area (Å²) >= 11 is 0. The van der Waals surface area contributed by atoms with Crippen LogP contribution < -0.4 is 4.90 Å². The minimum atomic E-state index is -0.567. The normalized spacial score (nSPS) is 13.1. The summed E-state index contributed by atoms with van der Waals surface area (Å²) in [6, 6.07) is 81.2. The average Bonchev–Trinajstić information content (AvgIpc) is 4.11. The SMILES string of the molecule is c1ccc(-c2ccc(N(c3ccccc3)c3cc4c(c5c3oc3c(-c6cccc7c6oc6ccccc67)cccc35)-c3ccccc3C43c4ccccc4-c4ccccc43)cc2)cc1. The van der Waals surface area contributed by atoms with Gasteiger partial charge in [-0.15, -0.1) is 0 Å². The Labute approximate surface area is 369 Å². The zero-order valence-electron chi connectivity index (χ0n) is 34.6. The van der Waals surface area contributed by atoms with Gasteiger partial charge in [0.15, 0.2) is 5.58 Å². The summed E-state index contributed by atoms with van der Waals surface area (Å²) in [4.78, 5) is 2.39. The number of para-hydroxylation sites is 4. The lowest BCUT2D eigenvalue weighted by Gasteiger charge is -2.32. The van der Waals surface area contributed by atoms with E-state index in [0.29, 0.717) is 0 Å². The van der Waals surface area contributed by atoms with Crippen molar-refractivity contribution in [1.82, 2.24) is 0 Å². The highest BCUT2D eigenvalue weighted by molar-refractivity contribution is 6.23. The number of hydrogen-bond donors (Lipinski definition) is 0. The molecule has 10 aromatic carbocycles. The molecule has 0 amide bonds. The minimum Gasteiger partial charge on any atom is -0.455 e. The smallest absolute Gasteiger partial charge is 0.160 e. The zero-order valence-corrected chi connectivity index (χ0v) is 34.6. The minimum absolute atomic E-state index is 0.567. The first kappa shape index (κ1) is 35.2. The zero-order chi connectivity index (χ0) is 41.9. The average molecular weight is 816 g/mol. The van der Waals surface area contributed by atoms with Crippen LogP contribution in [0, 0.1) is 0 Å². The molecule has 0 saturated carbocycles. The van der Waals surface area contributed by atoms with Crippen molar-refractivity contribution >= 4 is 60.9 Å². The molecular formula is C61H37NO2. The van der Waals surface area contributed by atoms with Crippen molar-refractivity contribution in [2.45, 2.75) is 5.41 Å². The van der Waals surface area contributed by atoms with Gasteiger partial charge in [-0.25, -0.2) is 0 Å². The number of hydrogen-bond acceptors (Lipinski definition) is 3. The first-order valence-electron chi connectivity index (χ1n) is 22.0. The Balaban J connectivity index is 1.13. The summed E-state index contributed by atoms with van der Waals surface area (Å²) in [5.74, 6) is 0. The number of fused-ring (bicyclic) bond motifs is 17. The van der Waals surface area contributed by atoms with Crippen LogP contribution in [-0.4, -0.2) is 0 Å². The molecule has 64 heavy (non-hydrogen) atoms. The topological polar surface area (TPSA) is 29.5 Å². The fourth-order valence-corrected chi connectivity index (χ4v) is 11.3. The third-order valence-electron chi connectivity index (χ3n) is 13.9. The van der Waals surface area contributed by atoms with E-state index in [4.69, 9.17) is 8.83 Å². The molecule has 1 spiro atoms. The second kappa shape index (κ2) is 13.3. The summed E-state index contributed by atoms with van der Waals surface area (Å²) in [5, 5.41) is 4.37.